The van der Waals surface area contributed by atoms with Gasteiger partial charge < -0.3 is 0 Å². The summed E-state index contributed by atoms with van der Waals surface area (Å²) in [7, 11) is 0. The maximum Gasteiger partial charge on any atom is 0.133 e. The van der Waals surface area contributed by atoms with E-state index in [1.807, 2.05) is 13.8 Å². The monoisotopic (exact) mass is 135 g/mol. The third kappa shape index (κ3) is 1.53. The number of nitrogens with zero attached hydrogens (tertiary/aromatic N) is 2. The van der Waals surface area contributed by atoms with Gasteiger partial charge >= 0.3 is 0 Å². The van der Waals surface area contributed by atoms with Gasteiger partial charge in [-0.05, 0) is 13.0 Å². The third-order valence-corrected chi connectivity index (χ3v) is 1.17. The Hall–Kier alpha value is -0.920. The summed E-state index contributed by atoms with van der Waals surface area (Å²) in [4.78, 5) is 8.15. The van der Waals surface area contributed by atoms with Crippen molar-refractivity contribution in [2.24, 2.45) is 0 Å². The molecule has 0 unspecified atom stereocenters. The molecule has 0 aliphatic carbocycles. The second-order valence-electron chi connectivity index (χ2n) is 2.96. The molecule has 10 heavy (non-hydrogen) atoms. The van der Waals surface area contributed by atoms with Gasteiger partial charge in [0.05, 0.1) is 0 Å². The fourth-order valence-electron chi connectivity index (χ4n) is 0.649. The molecule has 0 aliphatic rings. The van der Waals surface area contributed by atoms with Gasteiger partial charge in [-0.15, -0.1) is 0 Å². The molecule has 53 valence electrons. The van der Waals surface area contributed by atoms with Gasteiger partial charge in [0.1, 0.15) is 5.82 Å². The van der Waals surface area contributed by atoms with Crippen molar-refractivity contribution in [2.75, 3.05) is 0 Å². The summed E-state index contributed by atoms with van der Waals surface area (Å²) in [5, 5.41) is 0. The van der Waals surface area contributed by atoms with Crippen molar-refractivity contribution >= 4 is 0 Å². The normalized spacial score (nSPS) is 11.5. The topological polar surface area (TPSA) is 25.8 Å². The molecule has 0 aromatic carbocycles. The van der Waals surface area contributed by atoms with Crippen molar-refractivity contribution in [1.82, 2.24) is 9.97 Å². The van der Waals surface area contributed by atoms with Crippen LogP contribution in [0.25, 0.3) is 0 Å². The molecule has 1 heterocycles. The smallest absolute Gasteiger partial charge is 0.133 e. The zero-order valence-electron chi connectivity index (χ0n) is 6.33. The highest BCUT2D eigenvalue weighted by molar-refractivity contribution is 5.04. The Morgan fingerprint density at radius 3 is 2.10 bits per heavy atom. The Labute approximate surface area is 61.3 Å². The van der Waals surface area contributed by atoms with E-state index in [2.05, 4.69) is 16.9 Å². The number of hydrogen-bond acceptors (Lipinski definition) is 2. The minimum absolute atomic E-state index is 0.179. The van der Waals surface area contributed by atoms with Crippen LogP contribution in [0.15, 0.2) is 18.5 Å². The minimum Gasteiger partial charge on any atom is -0.241 e. The molecule has 2 heteroatoms. The van der Waals surface area contributed by atoms with Gasteiger partial charge in [0.2, 0.25) is 0 Å². The van der Waals surface area contributed by atoms with Crippen molar-refractivity contribution in [3.63, 3.8) is 0 Å². The summed E-state index contributed by atoms with van der Waals surface area (Å²) in [5.74, 6) is 0.787. The summed E-state index contributed by atoms with van der Waals surface area (Å²) in [5.41, 5.74) is -0.179. The Kier molecular flexibility index (Phi) is 1.70. The predicted octanol–water partition coefficient (Wildman–Crippen LogP) is 1.59. The highest BCUT2D eigenvalue weighted by atomic mass is 14.9. The zero-order valence-corrected chi connectivity index (χ0v) is 6.33. The van der Waals surface area contributed by atoms with E-state index in [9.17, 15) is 0 Å². The van der Waals surface area contributed by atoms with Crippen molar-refractivity contribution in [1.29, 1.82) is 0 Å². The number of hydrogen-bond donors (Lipinski definition) is 0. The summed E-state index contributed by atoms with van der Waals surface area (Å²) in [6.07, 6.45) is 3.46. The second-order valence-corrected chi connectivity index (χ2v) is 2.96. The van der Waals surface area contributed by atoms with E-state index < -0.39 is 0 Å². The van der Waals surface area contributed by atoms with Crippen LogP contribution in [-0.2, 0) is 5.41 Å². The molecule has 0 saturated heterocycles. The molecule has 1 aromatic heterocycles. The maximum absolute atomic E-state index is 4.08. The molecule has 0 amide bonds. The molecular weight excluding hydrogens is 124 g/mol. The Morgan fingerprint density at radius 1 is 1.30 bits per heavy atom. The lowest BCUT2D eigenvalue weighted by atomic mass is 9.96. The second kappa shape index (κ2) is 2.37. The van der Waals surface area contributed by atoms with E-state index in [4.69, 9.17) is 0 Å². The van der Waals surface area contributed by atoms with E-state index in [0.717, 1.165) is 5.82 Å². The SMILES string of the molecule is [CH2]C(C)(C)c1ncccn1. The Balaban J connectivity index is 2.97. The quantitative estimate of drug-likeness (QED) is 0.584. The summed E-state index contributed by atoms with van der Waals surface area (Å²) < 4.78 is 0. The molecule has 0 atom stereocenters. The molecule has 0 bridgehead atoms. The van der Waals surface area contributed by atoms with Crippen LogP contribution in [0, 0.1) is 6.92 Å². The molecule has 0 aliphatic heterocycles. The van der Waals surface area contributed by atoms with Gasteiger partial charge in [0.25, 0.3) is 0 Å². The van der Waals surface area contributed by atoms with Crippen molar-refractivity contribution < 1.29 is 0 Å². The third-order valence-electron chi connectivity index (χ3n) is 1.17. The first kappa shape index (κ1) is 7.19. The average Bonchev–Trinajstić information content (AvgIpc) is 1.88. The van der Waals surface area contributed by atoms with E-state index in [1.165, 1.54) is 0 Å². The molecule has 0 spiro atoms. The van der Waals surface area contributed by atoms with Crippen molar-refractivity contribution in [3.8, 4) is 0 Å². The molecule has 1 aromatic rings. The fourth-order valence-corrected chi connectivity index (χ4v) is 0.649. The first-order valence-corrected chi connectivity index (χ1v) is 3.23. The van der Waals surface area contributed by atoms with E-state index in [1.54, 1.807) is 18.5 Å². The summed E-state index contributed by atoms with van der Waals surface area (Å²) in [6, 6.07) is 1.80. The summed E-state index contributed by atoms with van der Waals surface area (Å²) >= 11 is 0. The van der Waals surface area contributed by atoms with Crippen LogP contribution in [0.4, 0.5) is 0 Å². The lowest BCUT2D eigenvalue weighted by molar-refractivity contribution is 0.609. The van der Waals surface area contributed by atoms with E-state index >= 15 is 0 Å². The van der Waals surface area contributed by atoms with Crippen molar-refractivity contribution in [3.05, 3.63) is 31.2 Å². The largest absolute Gasteiger partial charge is 0.241 e. The van der Waals surface area contributed by atoms with Crippen LogP contribution in [0.5, 0.6) is 0 Å². The van der Waals surface area contributed by atoms with E-state index in [-0.39, 0.29) is 5.41 Å². The van der Waals surface area contributed by atoms with Crippen LogP contribution in [0.3, 0.4) is 0 Å². The van der Waals surface area contributed by atoms with Crippen LogP contribution >= 0.6 is 0 Å². The number of aromatic nitrogens is 2. The lowest BCUT2D eigenvalue weighted by Gasteiger charge is -2.14. The zero-order chi connectivity index (χ0) is 7.61. The standard InChI is InChI=1S/C8H11N2/c1-8(2,3)7-9-5-4-6-10-7/h4-6H,1H2,2-3H3. The first-order chi connectivity index (χ1) is 4.61. The highest BCUT2D eigenvalue weighted by Gasteiger charge is 2.15. The van der Waals surface area contributed by atoms with Crippen LogP contribution < -0.4 is 0 Å². The molecule has 1 radical (unpaired) electrons. The molecule has 2 nitrogen and oxygen atoms in total. The first-order valence-electron chi connectivity index (χ1n) is 3.23. The van der Waals surface area contributed by atoms with Gasteiger partial charge in [-0.3, -0.25) is 0 Å². The predicted molar refractivity (Wildman–Crippen MR) is 40.4 cm³/mol. The number of rotatable bonds is 1. The molecule has 1 rings (SSSR count). The van der Waals surface area contributed by atoms with Gasteiger partial charge in [-0.1, -0.05) is 13.8 Å². The molecule has 0 fully saturated rings. The molecule has 0 N–H and O–H groups in total. The van der Waals surface area contributed by atoms with Gasteiger partial charge in [0.15, 0.2) is 0 Å². The fraction of sp³-hybridized carbons (Fsp3) is 0.375. The van der Waals surface area contributed by atoms with Crippen LogP contribution in [0.2, 0.25) is 0 Å². The van der Waals surface area contributed by atoms with E-state index in [0.29, 0.717) is 0 Å². The highest BCUT2D eigenvalue weighted by Crippen LogP contribution is 2.15. The Bertz CT molecular complexity index is 198. The maximum atomic E-state index is 4.08. The average molecular weight is 135 g/mol. The summed E-state index contributed by atoms with van der Waals surface area (Å²) in [6.45, 7) is 7.89. The lowest BCUT2D eigenvalue weighted by Crippen LogP contribution is -2.15. The Morgan fingerprint density at radius 2 is 1.80 bits per heavy atom. The minimum atomic E-state index is -0.179. The van der Waals surface area contributed by atoms with Gasteiger partial charge in [-0.25, -0.2) is 9.97 Å². The van der Waals surface area contributed by atoms with Gasteiger partial charge in [0, 0.05) is 17.8 Å². The molecular formula is C8H11N2. The van der Waals surface area contributed by atoms with Gasteiger partial charge in [-0.2, -0.15) is 0 Å². The van der Waals surface area contributed by atoms with Crippen LogP contribution in [0.1, 0.15) is 19.7 Å². The molecule has 0 saturated carbocycles. The van der Waals surface area contributed by atoms with Crippen molar-refractivity contribution in [2.45, 2.75) is 19.3 Å². The van der Waals surface area contributed by atoms with Crippen LogP contribution in [-0.4, -0.2) is 9.97 Å².